The molecule has 0 aromatic heterocycles. The minimum absolute atomic E-state index is 0.0320. The van der Waals surface area contributed by atoms with Gasteiger partial charge in [-0.05, 0) is 18.9 Å². The van der Waals surface area contributed by atoms with Gasteiger partial charge in [-0.15, -0.1) is 0 Å². The van der Waals surface area contributed by atoms with Crippen molar-refractivity contribution in [2.45, 2.75) is 18.9 Å². The van der Waals surface area contributed by atoms with Crippen LogP contribution < -0.4 is 10.1 Å². The summed E-state index contributed by atoms with van der Waals surface area (Å²) in [7, 11) is 0. The SMILES string of the molecule is O=[N+]([O-])c1cc(Br)cc(OCCNC2CC2)c1. The van der Waals surface area contributed by atoms with Gasteiger partial charge in [-0.3, -0.25) is 10.1 Å². The highest BCUT2D eigenvalue weighted by Gasteiger charge is 2.19. The molecule has 1 aromatic rings. The van der Waals surface area contributed by atoms with Crippen LogP contribution in [0.15, 0.2) is 22.7 Å². The number of nitrogens with zero attached hydrogens (tertiary/aromatic N) is 1. The summed E-state index contributed by atoms with van der Waals surface area (Å²) in [5, 5.41) is 14.0. The van der Waals surface area contributed by atoms with Crippen LogP contribution in [-0.2, 0) is 0 Å². The van der Waals surface area contributed by atoms with Gasteiger partial charge in [0.15, 0.2) is 0 Å². The van der Waals surface area contributed by atoms with Gasteiger partial charge >= 0.3 is 0 Å². The van der Waals surface area contributed by atoms with Crippen LogP contribution in [0.2, 0.25) is 0 Å². The van der Waals surface area contributed by atoms with E-state index in [1.54, 1.807) is 6.07 Å². The van der Waals surface area contributed by atoms with Crippen LogP contribution in [0.1, 0.15) is 12.8 Å². The Balaban J connectivity index is 1.87. The van der Waals surface area contributed by atoms with Crippen molar-refractivity contribution in [3.05, 3.63) is 32.8 Å². The first kappa shape index (κ1) is 12.3. The van der Waals surface area contributed by atoms with Crippen molar-refractivity contribution in [3.63, 3.8) is 0 Å². The molecule has 1 N–H and O–H groups in total. The van der Waals surface area contributed by atoms with E-state index in [1.165, 1.54) is 25.0 Å². The van der Waals surface area contributed by atoms with Crippen LogP contribution in [0, 0.1) is 10.1 Å². The summed E-state index contributed by atoms with van der Waals surface area (Å²) in [6.45, 7) is 1.29. The van der Waals surface area contributed by atoms with Gasteiger partial charge in [0.25, 0.3) is 5.69 Å². The molecule has 0 aliphatic heterocycles. The second-order valence-electron chi connectivity index (χ2n) is 3.98. The quantitative estimate of drug-likeness (QED) is 0.498. The molecule has 1 aromatic carbocycles. The number of ether oxygens (including phenoxy) is 1. The number of non-ortho nitro benzene ring substituents is 1. The maximum atomic E-state index is 10.6. The van der Waals surface area contributed by atoms with Crippen LogP contribution in [0.4, 0.5) is 5.69 Å². The zero-order valence-electron chi connectivity index (χ0n) is 9.19. The van der Waals surface area contributed by atoms with Crippen LogP contribution in [0.3, 0.4) is 0 Å². The summed E-state index contributed by atoms with van der Waals surface area (Å²) in [5.74, 6) is 0.517. The summed E-state index contributed by atoms with van der Waals surface area (Å²) < 4.78 is 6.11. The molecule has 92 valence electrons. The van der Waals surface area contributed by atoms with Crippen molar-refractivity contribution >= 4 is 21.6 Å². The van der Waals surface area contributed by atoms with Gasteiger partial charge in [-0.1, -0.05) is 15.9 Å². The average Bonchev–Trinajstić information content (AvgIpc) is 3.07. The van der Waals surface area contributed by atoms with Crippen LogP contribution >= 0.6 is 15.9 Å². The van der Waals surface area contributed by atoms with Gasteiger partial charge in [0.2, 0.25) is 0 Å². The van der Waals surface area contributed by atoms with Gasteiger partial charge in [0, 0.05) is 23.1 Å². The monoisotopic (exact) mass is 300 g/mol. The Labute approximate surface area is 107 Å². The fourth-order valence-corrected chi connectivity index (χ4v) is 1.92. The predicted octanol–water partition coefficient (Wildman–Crippen LogP) is 2.49. The number of nitro groups is 1. The third kappa shape index (κ3) is 3.98. The molecule has 0 saturated heterocycles. The second kappa shape index (κ2) is 5.46. The van der Waals surface area contributed by atoms with Crippen molar-refractivity contribution in [3.8, 4) is 5.75 Å². The van der Waals surface area contributed by atoms with Gasteiger partial charge in [0.1, 0.15) is 12.4 Å². The second-order valence-corrected chi connectivity index (χ2v) is 4.89. The molecule has 0 heterocycles. The van der Waals surface area contributed by atoms with Crippen LogP contribution in [-0.4, -0.2) is 24.1 Å². The third-order valence-corrected chi connectivity index (χ3v) is 2.91. The first-order valence-corrected chi connectivity index (χ1v) is 6.25. The minimum atomic E-state index is -0.430. The molecular formula is C11H13BrN2O3. The number of benzene rings is 1. The Morgan fingerprint density at radius 1 is 1.47 bits per heavy atom. The summed E-state index contributed by atoms with van der Waals surface area (Å²) in [4.78, 5) is 10.2. The fourth-order valence-electron chi connectivity index (χ4n) is 1.46. The van der Waals surface area contributed by atoms with E-state index in [9.17, 15) is 10.1 Å². The molecule has 0 bridgehead atoms. The van der Waals surface area contributed by atoms with E-state index in [0.717, 1.165) is 6.54 Å². The molecule has 0 amide bonds. The molecule has 6 heteroatoms. The Hall–Kier alpha value is -1.14. The predicted molar refractivity (Wildman–Crippen MR) is 67.3 cm³/mol. The average molecular weight is 301 g/mol. The van der Waals surface area contributed by atoms with E-state index in [4.69, 9.17) is 4.74 Å². The molecule has 1 fully saturated rings. The van der Waals surface area contributed by atoms with Crippen molar-refractivity contribution in [1.82, 2.24) is 5.32 Å². The van der Waals surface area contributed by atoms with E-state index in [-0.39, 0.29) is 5.69 Å². The maximum Gasteiger partial charge on any atom is 0.274 e. The number of hydrogen-bond donors (Lipinski definition) is 1. The first-order chi connectivity index (χ1) is 8.15. The van der Waals surface area contributed by atoms with E-state index >= 15 is 0 Å². The molecule has 2 rings (SSSR count). The number of halogens is 1. The number of nitro benzene ring substituents is 1. The lowest BCUT2D eigenvalue weighted by molar-refractivity contribution is -0.385. The standard InChI is InChI=1S/C11H13BrN2O3/c12-8-5-10(14(15)16)7-11(6-8)17-4-3-13-9-1-2-9/h5-7,9,13H,1-4H2. The van der Waals surface area contributed by atoms with E-state index in [2.05, 4.69) is 21.2 Å². The summed E-state index contributed by atoms with van der Waals surface area (Å²) in [5.41, 5.74) is 0.0320. The van der Waals surface area contributed by atoms with E-state index in [0.29, 0.717) is 22.9 Å². The zero-order chi connectivity index (χ0) is 12.3. The Kier molecular flexibility index (Phi) is 3.96. The molecule has 1 saturated carbocycles. The Morgan fingerprint density at radius 3 is 2.88 bits per heavy atom. The number of rotatable bonds is 6. The van der Waals surface area contributed by atoms with Crippen LogP contribution in [0.25, 0.3) is 0 Å². The van der Waals surface area contributed by atoms with Crippen LogP contribution in [0.5, 0.6) is 5.75 Å². The third-order valence-electron chi connectivity index (χ3n) is 2.45. The van der Waals surface area contributed by atoms with Crippen molar-refractivity contribution < 1.29 is 9.66 Å². The lowest BCUT2D eigenvalue weighted by Crippen LogP contribution is -2.22. The lowest BCUT2D eigenvalue weighted by Gasteiger charge is -2.07. The number of hydrogen-bond acceptors (Lipinski definition) is 4. The highest BCUT2D eigenvalue weighted by molar-refractivity contribution is 9.10. The molecule has 1 aliphatic carbocycles. The van der Waals surface area contributed by atoms with E-state index in [1.807, 2.05) is 0 Å². The Morgan fingerprint density at radius 2 is 2.24 bits per heavy atom. The minimum Gasteiger partial charge on any atom is -0.492 e. The normalized spacial score (nSPS) is 14.6. The summed E-state index contributed by atoms with van der Waals surface area (Å²) in [6, 6.07) is 5.26. The molecule has 0 radical (unpaired) electrons. The highest BCUT2D eigenvalue weighted by atomic mass is 79.9. The van der Waals surface area contributed by atoms with Gasteiger partial charge in [-0.25, -0.2) is 0 Å². The van der Waals surface area contributed by atoms with Crippen molar-refractivity contribution in [1.29, 1.82) is 0 Å². The smallest absolute Gasteiger partial charge is 0.274 e. The lowest BCUT2D eigenvalue weighted by atomic mass is 10.3. The first-order valence-electron chi connectivity index (χ1n) is 5.46. The molecule has 0 unspecified atom stereocenters. The summed E-state index contributed by atoms with van der Waals surface area (Å²) >= 11 is 3.22. The molecule has 0 spiro atoms. The molecule has 0 atom stereocenters. The molecule has 17 heavy (non-hydrogen) atoms. The van der Waals surface area contributed by atoms with Crippen molar-refractivity contribution in [2.75, 3.05) is 13.2 Å². The maximum absolute atomic E-state index is 10.6. The molecule has 1 aliphatic rings. The summed E-state index contributed by atoms with van der Waals surface area (Å²) in [6.07, 6.45) is 2.48. The fraction of sp³-hybridized carbons (Fsp3) is 0.455. The van der Waals surface area contributed by atoms with E-state index < -0.39 is 4.92 Å². The van der Waals surface area contributed by atoms with Gasteiger partial charge in [-0.2, -0.15) is 0 Å². The molecular weight excluding hydrogens is 288 g/mol. The topological polar surface area (TPSA) is 64.4 Å². The zero-order valence-corrected chi connectivity index (χ0v) is 10.8. The number of nitrogens with one attached hydrogen (secondary N) is 1. The highest BCUT2D eigenvalue weighted by Crippen LogP contribution is 2.26. The molecule has 5 nitrogen and oxygen atoms in total. The largest absolute Gasteiger partial charge is 0.492 e. The Bertz CT molecular complexity index is 421. The van der Waals surface area contributed by atoms with Crippen molar-refractivity contribution in [2.24, 2.45) is 0 Å². The van der Waals surface area contributed by atoms with Gasteiger partial charge in [0.05, 0.1) is 11.0 Å². The van der Waals surface area contributed by atoms with Gasteiger partial charge < -0.3 is 10.1 Å².